The van der Waals surface area contributed by atoms with Crippen molar-refractivity contribution in [1.29, 1.82) is 0 Å². The molecule has 0 saturated carbocycles. The van der Waals surface area contributed by atoms with Crippen molar-refractivity contribution >= 4 is 29.3 Å². The van der Waals surface area contributed by atoms with E-state index in [1.54, 1.807) is 47.2 Å². The molecule has 0 spiro atoms. The minimum absolute atomic E-state index is 0.133. The molecule has 4 N–H and O–H groups in total. The van der Waals surface area contributed by atoms with Crippen molar-refractivity contribution in [2.45, 2.75) is 13.0 Å². The Hall–Kier alpha value is -4.60. The first-order chi connectivity index (χ1) is 17.0. The Labute approximate surface area is 200 Å². The number of rotatable bonds is 5. The van der Waals surface area contributed by atoms with Crippen molar-refractivity contribution in [1.82, 2.24) is 24.5 Å². The number of benzene rings is 1. The smallest absolute Gasteiger partial charge is 0.256 e. The highest BCUT2D eigenvalue weighted by molar-refractivity contribution is 6.09. The fourth-order valence-electron chi connectivity index (χ4n) is 4.21. The monoisotopic (exact) mass is 470 g/mol. The maximum atomic E-state index is 14.7. The second kappa shape index (κ2) is 8.98. The third-order valence-electron chi connectivity index (χ3n) is 5.98. The van der Waals surface area contributed by atoms with Crippen LogP contribution in [0.3, 0.4) is 0 Å². The Morgan fingerprint density at radius 2 is 2.09 bits per heavy atom. The molecule has 1 aliphatic rings. The van der Waals surface area contributed by atoms with Crippen LogP contribution in [0.25, 0.3) is 22.3 Å². The fraction of sp³-hybridized carbons (Fsp3) is 0.160. The van der Waals surface area contributed by atoms with Crippen LogP contribution >= 0.6 is 0 Å². The number of nitrogens with two attached hydrogens (primary N) is 2. The zero-order valence-electron chi connectivity index (χ0n) is 19.0. The number of allylic oxidation sites excluding steroid dienone is 1. The lowest BCUT2D eigenvalue weighted by Crippen LogP contribution is -2.37. The molecule has 0 bridgehead atoms. The number of nitrogens with zero attached hydrogens (tertiary/aromatic N) is 6. The van der Waals surface area contributed by atoms with Crippen LogP contribution in [0.2, 0.25) is 0 Å². The van der Waals surface area contributed by atoms with Crippen molar-refractivity contribution in [2.75, 3.05) is 19.3 Å². The lowest BCUT2D eigenvalue weighted by atomic mass is 9.99. The minimum atomic E-state index is -0.384. The number of amides is 1. The standard InChI is InChI=1S/C25H23FN8O/c1-29-12-19(11-27)15-2-3-21(26)18(8-15)14-33-6-5-22-20(24(33)35)9-17(13-30-22)16-4-7-34-23(10-16)31-25(28)32-34/h2-4,7-13H,5-6,14,27H2,1H3,(H2,28,32). The molecule has 1 aliphatic heterocycles. The Kier molecular flexibility index (Phi) is 5.69. The molecule has 1 aromatic carbocycles. The molecule has 0 saturated heterocycles. The molecule has 0 fully saturated rings. The highest BCUT2D eigenvalue weighted by Crippen LogP contribution is 2.27. The molecule has 0 unspecified atom stereocenters. The van der Waals surface area contributed by atoms with Crippen LogP contribution in [0.15, 0.2) is 60.0 Å². The molecule has 5 rings (SSSR count). The average Bonchev–Trinajstić information content (AvgIpc) is 3.24. The summed E-state index contributed by atoms with van der Waals surface area (Å²) in [6, 6.07) is 10.2. The molecule has 176 valence electrons. The first kappa shape index (κ1) is 22.2. The number of anilines is 1. The topological polar surface area (TPSA) is 128 Å². The Morgan fingerprint density at radius 3 is 2.89 bits per heavy atom. The maximum absolute atomic E-state index is 14.7. The third kappa shape index (κ3) is 4.21. The summed E-state index contributed by atoms with van der Waals surface area (Å²) in [6.45, 7) is 0.580. The highest BCUT2D eigenvalue weighted by Gasteiger charge is 2.27. The highest BCUT2D eigenvalue weighted by atomic mass is 19.1. The van der Waals surface area contributed by atoms with Crippen LogP contribution in [0.1, 0.15) is 27.2 Å². The summed E-state index contributed by atoms with van der Waals surface area (Å²) in [5, 5.41) is 4.08. The van der Waals surface area contributed by atoms with Crippen molar-refractivity contribution in [3.63, 3.8) is 0 Å². The number of aliphatic imine (C=N–C) groups is 1. The zero-order chi connectivity index (χ0) is 24.5. The van der Waals surface area contributed by atoms with Crippen LogP contribution in [0.5, 0.6) is 0 Å². The lowest BCUT2D eigenvalue weighted by Gasteiger charge is -2.28. The van der Waals surface area contributed by atoms with E-state index >= 15 is 0 Å². The van der Waals surface area contributed by atoms with Gasteiger partial charge >= 0.3 is 0 Å². The van der Waals surface area contributed by atoms with Gasteiger partial charge in [0.15, 0.2) is 5.65 Å². The van der Waals surface area contributed by atoms with Crippen LogP contribution in [0, 0.1) is 5.82 Å². The van der Waals surface area contributed by atoms with E-state index in [0.29, 0.717) is 35.3 Å². The number of hydrogen-bond acceptors (Lipinski definition) is 7. The van der Waals surface area contributed by atoms with E-state index < -0.39 is 0 Å². The van der Waals surface area contributed by atoms with Gasteiger partial charge in [0.1, 0.15) is 5.82 Å². The number of pyridine rings is 2. The molecule has 0 radical (unpaired) electrons. The number of hydrogen-bond donors (Lipinski definition) is 2. The van der Waals surface area contributed by atoms with Gasteiger partial charge in [0.05, 0.1) is 11.3 Å². The summed E-state index contributed by atoms with van der Waals surface area (Å²) in [4.78, 5) is 27.7. The molecule has 4 heterocycles. The van der Waals surface area contributed by atoms with Gasteiger partial charge in [-0.3, -0.25) is 14.8 Å². The molecule has 10 heteroatoms. The van der Waals surface area contributed by atoms with E-state index in [1.807, 2.05) is 18.2 Å². The summed E-state index contributed by atoms with van der Waals surface area (Å²) in [5.41, 5.74) is 16.6. The SMILES string of the molecule is CN=CC(=CN)c1ccc(F)c(CN2CCc3ncc(-c4ccn5nc(N)nc5c4)cc3C2=O)c1. The molecule has 3 aromatic heterocycles. The Balaban J connectivity index is 1.44. The zero-order valence-corrected chi connectivity index (χ0v) is 19.0. The predicted octanol–water partition coefficient (Wildman–Crippen LogP) is 2.71. The number of carbonyl (C=O) groups excluding carboxylic acids is 1. The molecule has 1 amide bonds. The average molecular weight is 471 g/mol. The summed E-state index contributed by atoms with van der Waals surface area (Å²) < 4.78 is 16.2. The lowest BCUT2D eigenvalue weighted by molar-refractivity contribution is 0.0723. The summed E-state index contributed by atoms with van der Waals surface area (Å²) in [7, 11) is 1.64. The maximum Gasteiger partial charge on any atom is 0.256 e. The van der Waals surface area contributed by atoms with Gasteiger partial charge in [-0.2, -0.15) is 4.98 Å². The van der Waals surface area contributed by atoms with Gasteiger partial charge in [-0.05, 0) is 41.5 Å². The van der Waals surface area contributed by atoms with E-state index in [1.165, 1.54) is 12.3 Å². The van der Waals surface area contributed by atoms with E-state index in [4.69, 9.17) is 11.5 Å². The second-order valence-corrected chi connectivity index (χ2v) is 8.20. The number of halogens is 1. The van der Waals surface area contributed by atoms with Crippen molar-refractivity contribution in [2.24, 2.45) is 10.7 Å². The van der Waals surface area contributed by atoms with E-state index in [2.05, 4.69) is 20.1 Å². The van der Waals surface area contributed by atoms with Gasteiger partial charge < -0.3 is 16.4 Å². The normalized spacial score (nSPS) is 14.2. The number of nitrogen functional groups attached to an aromatic ring is 1. The van der Waals surface area contributed by atoms with Gasteiger partial charge in [0, 0.05) is 68.1 Å². The van der Waals surface area contributed by atoms with Crippen LogP contribution in [-0.2, 0) is 13.0 Å². The molecular formula is C25H23FN8O. The van der Waals surface area contributed by atoms with Crippen molar-refractivity contribution in [3.8, 4) is 11.1 Å². The van der Waals surface area contributed by atoms with Gasteiger partial charge in [-0.25, -0.2) is 8.91 Å². The van der Waals surface area contributed by atoms with Crippen LogP contribution in [0.4, 0.5) is 10.3 Å². The predicted molar refractivity (Wildman–Crippen MR) is 132 cm³/mol. The first-order valence-electron chi connectivity index (χ1n) is 11.0. The van der Waals surface area contributed by atoms with E-state index in [-0.39, 0.29) is 24.2 Å². The summed E-state index contributed by atoms with van der Waals surface area (Å²) in [5.74, 6) is -0.392. The summed E-state index contributed by atoms with van der Waals surface area (Å²) >= 11 is 0. The first-order valence-corrected chi connectivity index (χ1v) is 11.0. The largest absolute Gasteiger partial charge is 0.404 e. The number of carbonyl (C=O) groups is 1. The van der Waals surface area contributed by atoms with Crippen molar-refractivity contribution < 1.29 is 9.18 Å². The van der Waals surface area contributed by atoms with Crippen LogP contribution < -0.4 is 11.5 Å². The molecule has 4 aromatic rings. The van der Waals surface area contributed by atoms with E-state index in [9.17, 15) is 9.18 Å². The van der Waals surface area contributed by atoms with Gasteiger partial charge in [-0.15, -0.1) is 5.10 Å². The summed E-state index contributed by atoms with van der Waals surface area (Å²) in [6.07, 6.45) is 7.11. The molecule has 0 aliphatic carbocycles. The Morgan fingerprint density at radius 1 is 1.23 bits per heavy atom. The fourth-order valence-corrected chi connectivity index (χ4v) is 4.21. The second-order valence-electron chi connectivity index (χ2n) is 8.20. The van der Waals surface area contributed by atoms with E-state index in [0.717, 1.165) is 22.4 Å². The quantitative estimate of drug-likeness (QED) is 0.432. The minimum Gasteiger partial charge on any atom is -0.404 e. The molecular weight excluding hydrogens is 447 g/mol. The van der Waals surface area contributed by atoms with Gasteiger partial charge in [0.2, 0.25) is 5.95 Å². The molecule has 0 atom stereocenters. The number of aromatic nitrogens is 4. The number of fused-ring (bicyclic) bond motifs is 2. The molecule has 9 nitrogen and oxygen atoms in total. The van der Waals surface area contributed by atoms with Gasteiger partial charge in [0.25, 0.3) is 5.91 Å². The van der Waals surface area contributed by atoms with Crippen molar-refractivity contribution in [3.05, 3.63) is 83.2 Å². The Bertz CT molecular complexity index is 1510. The van der Waals surface area contributed by atoms with Crippen LogP contribution in [-0.4, -0.2) is 50.2 Å². The molecule has 35 heavy (non-hydrogen) atoms. The van der Waals surface area contributed by atoms with Gasteiger partial charge in [-0.1, -0.05) is 6.07 Å². The third-order valence-corrected chi connectivity index (χ3v) is 5.98.